The number of carbonyl (C=O) groups is 1. The van der Waals surface area contributed by atoms with Gasteiger partial charge < -0.3 is 14.1 Å². The maximum Gasteiger partial charge on any atom is 0.339 e. The number of amides is 1. The molecule has 4 rings (SSSR count). The Balaban J connectivity index is 1.59. The molecule has 6 nitrogen and oxygen atoms in total. The Morgan fingerprint density at radius 1 is 1.09 bits per heavy atom. The molecule has 0 N–H and O–H groups in total. The number of hydrogen-bond acceptors (Lipinski definition) is 5. The smallest absolute Gasteiger partial charge is 0.339 e. The van der Waals surface area contributed by atoms with Gasteiger partial charge in [-0.1, -0.05) is 36.4 Å². The molecule has 0 radical (unpaired) electrons. The molecule has 1 atom stereocenters. The van der Waals surface area contributed by atoms with Crippen LogP contribution < -0.4 is 10.4 Å². The van der Waals surface area contributed by atoms with Gasteiger partial charge in [-0.05, 0) is 48.7 Å². The highest BCUT2D eigenvalue weighted by molar-refractivity contribution is 5.83. The van der Waals surface area contributed by atoms with Gasteiger partial charge in [0.05, 0.1) is 18.8 Å². The van der Waals surface area contributed by atoms with Gasteiger partial charge >= 0.3 is 5.63 Å². The van der Waals surface area contributed by atoms with E-state index >= 15 is 0 Å². The molecule has 2 aromatic carbocycles. The Hall–Kier alpha value is -3.93. The maximum absolute atomic E-state index is 13.2. The summed E-state index contributed by atoms with van der Waals surface area (Å²) in [5, 5.41) is 0.835. The molecule has 6 heteroatoms. The zero-order valence-electron chi connectivity index (χ0n) is 18.9. The SMILES string of the molecule is COc1ccc2c(C)c(CCC(=O)N(C)C(c3ccccc3)c3ccccn3)c(=O)oc2c1. The van der Waals surface area contributed by atoms with Crippen LogP contribution in [0.5, 0.6) is 5.75 Å². The summed E-state index contributed by atoms with van der Waals surface area (Å²) >= 11 is 0. The first-order chi connectivity index (χ1) is 16.0. The Morgan fingerprint density at radius 2 is 1.85 bits per heavy atom. The Kier molecular flexibility index (Phi) is 6.54. The number of nitrogens with zero attached hydrogens (tertiary/aromatic N) is 2. The lowest BCUT2D eigenvalue weighted by Crippen LogP contribution is -2.33. The largest absolute Gasteiger partial charge is 0.497 e. The Labute approximate surface area is 192 Å². The van der Waals surface area contributed by atoms with E-state index < -0.39 is 5.63 Å². The maximum atomic E-state index is 13.2. The molecule has 0 saturated heterocycles. The standard InChI is InChI=1S/C27H26N2O4/c1-18-21-13-12-20(32-3)17-24(21)33-27(31)22(18)14-15-25(30)29(2)26(19-9-5-4-6-10-19)23-11-7-8-16-28-23/h4-13,16-17,26H,14-15H2,1-3H3. The fourth-order valence-electron chi connectivity index (χ4n) is 4.11. The summed E-state index contributed by atoms with van der Waals surface area (Å²) in [4.78, 5) is 32.1. The summed E-state index contributed by atoms with van der Waals surface area (Å²) in [5.74, 6) is 0.541. The molecule has 2 heterocycles. The predicted octanol–water partition coefficient (Wildman–Crippen LogP) is 4.69. The van der Waals surface area contributed by atoms with E-state index in [4.69, 9.17) is 9.15 Å². The fraction of sp³-hybridized carbons (Fsp3) is 0.222. The summed E-state index contributed by atoms with van der Waals surface area (Å²) in [6.45, 7) is 1.88. The zero-order valence-corrected chi connectivity index (χ0v) is 18.9. The minimum atomic E-state index is -0.423. The Bertz CT molecular complexity index is 1280. The monoisotopic (exact) mass is 442 g/mol. The quantitative estimate of drug-likeness (QED) is 0.389. The summed E-state index contributed by atoms with van der Waals surface area (Å²) in [6.07, 6.45) is 2.20. The molecule has 0 aliphatic heterocycles. The number of ether oxygens (including phenoxy) is 1. The molecule has 168 valence electrons. The second-order valence-corrected chi connectivity index (χ2v) is 7.93. The van der Waals surface area contributed by atoms with Crippen molar-refractivity contribution in [2.45, 2.75) is 25.8 Å². The minimum absolute atomic E-state index is 0.0804. The van der Waals surface area contributed by atoms with E-state index in [1.54, 1.807) is 31.3 Å². The molecule has 0 saturated carbocycles. The van der Waals surface area contributed by atoms with E-state index in [0.29, 0.717) is 23.3 Å². The van der Waals surface area contributed by atoms with Gasteiger partial charge in [0.15, 0.2) is 0 Å². The average Bonchev–Trinajstić information content (AvgIpc) is 2.84. The number of pyridine rings is 1. The van der Waals surface area contributed by atoms with Crippen LogP contribution in [0.3, 0.4) is 0 Å². The van der Waals surface area contributed by atoms with Crippen molar-refractivity contribution in [2.24, 2.45) is 0 Å². The lowest BCUT2D eigenvalue weighted by Gasteiger charge is -2.28. The molecule has 0 aliphatic carbocycles. The molecule has 0 aliphatic rings. The van der Waals surface area contributed by atoms with Gasteiger partial charge in [-0.25, -0.2) is 4.79 Å². The van der Waals surface area contributed by atoms with Crippen molar-refractivity contribution < 1.29 is 13.9 Å². The third-order valence-electron chi connectivity index (χ3n) is 5.95. The molecule has 2 aromatic heterocycles. The van der Waals surface area contributed by atoms with E-state index in [2.05, 4.69) is 4.98 Å². The lowest BCUT2D eigenvalue weighted by atomic mass is 9.99. The molecule has 0 bridgehead atoms. The predicted molar refractivity (Wildman–Crippen MR) is 127 cm³/mol. The summed E-state index contributed by atoms with van der Waals surface area (Å²) in [7, 11) is 3.34. The van der Waals surface area contributed by atoms with Crippen molar-refractivity contribution in [3.63, 3.8) is 0 Å². The van der Waals surface area contributed by atoms with Gasteiger partial charge in [0.1, 0.15) is 11.3 Å². The van der Waals surface area contributed by atoms with Crippen LogP contribution in [0, 0.1) is 6.92 Å². The number of carbonyl (C=O) groups excluding carboxylic acids is 1. The van der Waals surface area contributed by atoms with Crippen molar-refractivity contribution in [3.8, 4) is 5.75 Å². The molecule has 4 aromatic rings. The van der Waals surface area contributed by atoms with Crippen LogP contribution in [-0.2, 0) is 11.2 Å². The highest BCUT2D eigenvalue weighted by Gasteiger charge is 2.25. The fourth-order valence-corrected chi connectivity index (χ4v) is 4.11. The molecular formula is C27H26N2O4. The van der Waals surface area contributed by atoms with Crippen LogP contribution in [0.25, 0.3) is 11.0 Å². The van der Waals surface area contributed by atoms with Gasteiger partial charge in [0.25, 0.3) is 0 Å². The first-order valence-corrected chi connectivity index (χ1v) is 10.8. The minimum Gasteiger partial charge on any atom is -0.497 e. The van der Waals surface area contributed by atoms with Crippen molar-refractivity contribution in [2.75, 3.05) is 14.2 Å². The first kappa shape index (κ1) is 22.3. The van der Waals surface area contributed by atoms with E-state index in [1.165, 1.54) is 0 Å². The summed E-state index contributed by atoms with van der Waals surface area (Å²) < 4.78 is 10.7. The van der Waals surface area contributed by atoms with Crippen LogP contribution in [0.2, 0.25) is 0 Å². The van der Waals surface area contributed by atoms with Crippen molar-refractivity contribution in [1.82, 2.24) is 9.88 Å². The zero-order chi connectivity index (χ0) is 23.4. The molecule has 1 amide bonds. The second kappa shape index (κ2) is 9.69. The van der Waals surface area contributed by atoms with Gasteiger partial charge in [0, 0.05) is 36.7 Å². The van der Waals surface area contributed by atoms with E-state index in [1.807, 2.05) is 67.6 Å². The van der Waals surface area contributed by atoms with Crippen LogP contribution in [-0.4, -0.2) is 29.9 Å². The number of rotatable bonds is 7. The van der Waals surface area contributed by atoms with E-state index in [-0.39, 0.29) is 18.4 Å². The van der Waals surface area contributed by atoms with Crippen LogP contribution in [0.1, 0.15) is 34.8 Å². The van der Waals surface area contributed by atoms with Crippen LogP contribution in [0.15, 0.2) is 82.1 Å². The topological polar surface area (TPSA) is 72.6 Å². The number of aryl methyl sites for hydroxylation is 1. The van der Waals surface area contributed by atoms with Crippen molar-refractivity contribution in [3.05, 3.63) is 106 Å². The summed E-state index contributed by atoms with van der Waals surface area (Å²) in [6, 6.07) is 20.6. The first-order valence-electron chi connectivity index (χ1n) is 10.8. The molecule has 1 unspecified atom stereocenters. The number of hydrogen-bond donors (Lipinski definition) is 0. The van der Waals surface area contributed by atoms with Gasteiger partial charge in [0.2, 0.25) is 5.91 Å². The van der Waals surface area contributed by atoms with Crippen molar-refractivity contribution in [1.29, 1.82) is 0 Å². The average molecular weight is 443 g/mol. The second-order valence-electron chi connectivity index (χ2n) is 7.93. The van der Waals surface area contributed by atoms with Crippen LogP contribution in [0.4, 0.5) is 0 Å². The summed E-state index contributed by atoms with van der Waals surface area (Å²) in [5.41, 5.74) is 3.15. The third-order valence-corrected chi connectivity index (χ3v) is 5.95. The Morgan fingerprint density at radius 3 is 2.55 bits per heavy atom. The highest BCUT2D eigenvalue weighted by Crippen LogP contribution is 2.28. The van der Waals surface area contributed by atoms with Gasteiger partial charge in [-0.2, -0.15) is 0 Å². The van der Waals surface area contributed by atoms with E-state index in [9.17, 15) is 9.59 Å². The number of aromatic nitrogens is 1. The number of benzene rings is 2. The van der Waals surface area contributed by atoms with E-state index in [0.717, 1.165) is 22.2 Å². The van der Waals surface area contributed by atoms with Crippen molar-refractivity contribution >= 4 is 16.9 Å². The van der Waals surface area contributed by atoms with Gasteiger partial charge in [-0.3, -0.25) is 9.78 Å². The normalized spacial score (nSPS) is 11.8. The van der Waals surface area contributed by atoms with Gasteiger partial charge in [-0.15, -0.1) is 0 Å². The highest BCUT2D eigenvalue weighted by atomic mass is 16.5. The third kappa shape index (κ3) is 4.65. The number of methoxy groups -OCH3 is 1. The molecule has 0 fully saturated rings. The molecule has 33 heavy (non-hydrogen) atoms. The number of fused-ring (bicyclic) bond motifs is 1. The molecule has 0 spiro atoms. The van der Waals surface area contributed by atoms with Crippen LogP contribution >= 0.6 is 0 Å². The molecular weight excluding hydrogens is 416 g/mol. The lowest BCUT2D eigenvalue weighted by molar-refractivity contribution is -0.131.